The highest BCUT2D eigenvalue weighted by atomic mass is 35.5. The molecular weight excluding hydrogens is 306 g/mol. The molecule has 0 bridgehead atoms. The fraction of sp³-hybridized carbons (Fsp3) is 0.111. The van der Waals surface area contributed by atoms with Gasteiger partial charge >= 0.3 is 0 Å². The Bertz CT molecular complexity index is 628. The van der Waals surface area contributed by atoms with E-state index in [0.29, 0.717) is 0 Å². The first-order chi connectivity index (χ1) is 8.00. The van der Waals surface area contributed by atoms with Crippen molar-refractivity contribution in [2.45, 2.75) is 0 Å². The standard InChI is InChI=1S/C9Cl4N4/c10-4-5(11)7(13)9(2-15)3(1-14)16-17-8(9)6(4)12/t9-/m0/s1. The van der Waals surface area contributed by atoms with Gasteiger partial charge in [-0.2, -0.15) is 15.6 Å². The number of halogens is 4. The zero-order valence-corrected chi connectivity index (χ0v) is 10.8. The molecule has 0 aromatic carbocycles. The lowest BCUT2D eigenvalue weighted by Crippen LogP contribution is -2.38. The van der Waals surface area contributed by atoms with Crippen LogP contribution in [0.25, 0.3) is 0 Å². The number of nitriles is 2. The molecule has 1 aliphatic carbocycles. The second-order valence-electron chi connectivity index (χ2n) is 3.13. The van der Waals surface area contributed by atoms with Gasteiger partial charge in [-0.3, -0.25) is 0 Å². The molecule has 4 nitrogen and oxygen atoms in total. The van der Waals surface area contributed by atoms with Gasteiger partial charge in [0.25, 0.3) is 0 Å². The highest BCUT2D eigenvalue weighted by molar-refractivity contribution is 6.61. The molecule has 1 aliphatic heterocycles. The lowest BCUT2D eigenvalue weighted by Gasteiger charge is -2.26. The summed E-state index contributed by atoms with van der Waals surface area (Å²) in [5.74, 6) is 0. The highest BCUT2D eigenvalue weighted by Gasteiger charge is 2.54. The van der Waals surface area contributed by atoms with Gasteiger partial charge in [0.05, 0.1) is 26.2 Å². The Morgan fingerprint density at radius 3 is 2.12 bits per heavy atom. The molecule has 1 atom stereocenters. The van der Waals surface area contributed by atoms with Gasteiger partial charge in [0, 0.05) is 0 Å². The van der Waals surface area contributed by atoms with Crippen LogP contribution in [0.4, 0.5) is 0 Å². The summed E-state index contributed by atoms with van der Waals surface area (Å²) in [5, 5.41) is 25.2. The fourth-order valence-corrected chi connectivity index (χ4v) is 2.61. The maximum atomic E-state index is 9.28. The molecule has 0 radical (unpaired) electrons. The molecule has 2 rings (SSSR count). The molecule has 0 saturated carbocycles. The molecule has 0 N–H and O–H groups in total. The first-order valence-electron chi connectivity index (χ1n) is 4.10. The molecule has 0 saturated heterocycles. The zero-order valence-electron chi connectivity index (χ0n) is 7.80. The van der Waals surface area contributed by atoms with Crippen LogP contribution in [0, 0.1) is 28.1 Å². The van der Waals surface area contributed by atoms with E-state index in [-0.39, 0.29) is 31.6 Å². The van der Waals surface area contributed by atoms with E-state index >= 15 is 0 Å². The summed E-state index contributed by atoms with van der Waals surface area (Å²) in [7, 11) is 0. The lowest BCUT2D eigenvalue weighted by molar-refractivity contribution is 0.955. The summed E-state index contributed by atoms with van der Waals surface area (Å²) in [6.07, 6.45) is 0. The number of hydrogen-bond donors (Lipinski definition) is 0. The minimum absolute atomic E-state index is 0.0163. The number of hydrogen-bond acceptors (Lipinski definition) is 4. The van der Waals surface area contributed by atoms with Crippen LogP contribution in [0.3, 0.4) is 0 Å². The SMILES string of the molecule is N#CC1=NN=C2C(Cl)=C(Cl)C(Cl)=C(Cl)[C@]12C#N. The maximum Gasteiger partial charge on any atom is 0.193 e. The van der Waals surface area contributed by atoms with Crippen molar-refractivity contribution < 1.29 is 0 Å². The van der Waals surface area contributed by atoms with Gasteiger partial charge in [0.1, 0.15) is 11.8 Å². The normalized spacial score (nSPS) is 27.2. The summed E-state index contributed by atoms with van der Waals surface area (Å²) in [6, 6.07) is 3.63. The quantitative estimate of drug-likeness (QED) is 0.689. The van der Waals surface area contributed by atoms with Gasteiger partial charge in [0.2, 0.25) is 0 Å². The predicted molar refractivity (Wildman–Crippen MR) is 66.0 cm³/mol. The Labute approximate surface area is 116 Å². The van der Waals surface area contributed by atoms with Crippen molar-refractivity contribution in [3.8, 4) is 12.1 Å². The van der Waals surface area contributed by atoms with Crippen LogP contribution in [0.5, 0.6) is 0 Å². The molecule has 1 heterocycles. The van der Waals surface area contributed by atoms with Crippen molar-refractivity contribution in [2.24, 2.45) is 15.6 Å². The number of nitrogens with zero attached hydrogens (tertiary/aromatic N) is 4. The minimum atomic E-state index is -1.64. The van der Waals surface area contributed by atoms with Crippen LogP contribution in [-0.2, 0) is 0 Å². The number of rotatable bonds is 0. The second-order valence-corrected chi connectivity index (χ2v) is 4.64. The summed E-state index contributed by atoms with van der Waals surface area (Å²) in [5.41, 5.74) is -1.79. The molecule has 0 aromatic heterocycles. The molecule has 0 fully saturated rings. The Morgan fingerprint density at radius 2 is 1.59 bits per heavy atom. The van der Waals surface area contributed by atoms with E-state index < -0.39 is 5.41 Å². The minimum Gasteiger partial charge on any atom is -0.196 e. The summed E-state index contributed by atoms with van der Waals surface area (Å²) < 4.78 is 0. The van der Waals surface area contributed by atoms with Gasteiger partial charge in [-0.15, -0.1) is 5.10 Å². The Balaban J connectivity index is 2.83. The van der Waals surface area contributed by atoms with Crippen molar-refractivity contribution in [1.29, 1.82) is 10.5 Å². The largest absolute Gasteiger partial charge is 0.196 e. The van der Waals surface area contributed by atoms with Crippen LogP contribution in [0.2, 0.25) is 0 Å². The summed E-state index contributed by atoms with van der Waals surface area (Å²) in [6.45, 7) is 0. The third-order valence-corrected chi connectivity index (χ3v) is 4.24. The Kier molecular flexibility index (Phi) is 2.93. The third kappa shape index (κ3) is 1.36. The van der Waals surface area contributed by atoms with E-state index in [9.17, 15) is 5.26 Å². The Hall–Kier alpha value is -1.04. The lowest BCUT2D eigenvalue weighted by atomic mass is 9.77. The van der Waals surface area contributed by atoms with Gasteiger partial charge in [-0.1, -0.05) is 46.4 Å². The van der Waals surface area contributed by atoms with Crippen LogP contribution in [-0.4, -0.2) is 11.4 Å². The average Bonchev–Trinajstić information content (AvgIpc) is 2.73. The Morgan fingerprint density at radius 1 is 0.941 bits per heavy atom. The van der Waals surface area contributed by atoms with E-state index in [2.05, 4.69) is 10.2 Å². The molecule has 0 spiro atoms. The van der Waals surface area contributed by atoms with Crippen LogP contribution in [0.15, 0.2) is 30.3 Å². The van der Waals surface area contributed by atoms with Gasteiger partial charge < -0.3 is 0 Å². The molecule has 84 valence electrons. The first-order valence-corrected chi connectivity index (χ1v) is 5.61. The molecule has 0 aromatic rings. The third-order valence-electron chi connectivity index (χ3n) is 2.35. The maximum absolute atomic E-state index is 9.28. The highest BCUT2D eigenvalue weighted by Crippen LogP contribution is 2.49. The molecule has 17 heavy (non-hydrogen) atoms. The van der Waals surface area contributed by atoms with Crippen molar-refractivity contribution in [2.75, 3.05) is 0 Å². The predicted octanol–water partition coefficient (Wildman–Crippen LogP) is 3.22. The average molecular weight is 306 g/mol. The second kappa shape index (κ2) is 4.01. The van der Waals surface area contributed by atoms with E-state index in [1.807, 2.05) is 6.07 Å². The van der Waals surface area contributed by atoms with Crippen molar-refractivity contribution in [1.82, 2.24) is 0 Å². The zero-order chi connectivity index (χ0) is 12.8. The van der Waals surface area contributed by atoms with Crippen molar-refractivity contribution in [3.05, 3.63) is 20.1 Å². The van der Waals surface area contributed by atoms with Crippen LogP contribution >= 0.6 is 46.4 Å². The van der Waals surface area contributed by atoms with Gasteiger partial charge in [-0.05, 0) is 0 Å². The van der Waals surface area contributed by atoms with Gasteiger partial charge in [0.15, 0.2) is 11.1 Å². The summed E-state index contributed by atoms with van der Waals surface area (Å²) >= 11 is 23.6. The topological polar surface area (TPSA) is 72.3 Å². The van der Waals surface area contributed by atoms with E-state index in [1.165, 1.54) is 0 Å². The molecular formula is C9Cl4N4. The monoisotopic (exact) mass is 304 g/mol. The molecule has 0 unspecified atom stereocenters. The fourth-order valence-electron chi connectivity index (χ4n) is 1.50. The number of fused-ring (bicyclic) bond motifs is 1. The summed E-state index contributed by atoms with van der Waals surface area (Å²) in [4.78, 5) is 0. The van der Waals surface area contributed by atoms with Crippen molar-refractivity contribution in [3.63, 3.8) is 0 Å². The first kappa shape index (κ1) is 12.4. The van der Waals surface area contributed by atoms with E-state index in [4.69, 9.17) is 51.7 Å². The molecule has 8 heteroatoms. The molecule has 2 aliphatic rings. The van der Waals surface area contributed by atoms with Crippen molar-refractivity contribution >= 4 is 57.8 Å². The van der Waals surface area contributed by atoms with Crippen LogP contribution < -0.4 is 0 Å². The van der Waals surface area contributed by atoms with Crippen LogP contribution in [0.1, 0.15) is 0 Å². The van der Waals surface area contributed by atoms with E-state index in [0.717, 1.165) is 0 Å². The van der Waals surface area contributed by atoms with E-state index in [1.54, 1.807) is 6.07 Å². The molecule has 0 amide bonds. The van der Waals surface area contributed by atoms with Gasteiger partial charge in [-0.25, -0.2) is 0 Å². The number of allylic oxidation sites excluding steroid dienone is 4. The smallest absolute Gasteiger partial charge is 0.193 e.